The number of halogens is 1. The molecule has 5 nitrogen and oxygen atoms in total. The molecule has 1 N–H and O–H groups in total. The number of hydrogen-bond donors (Lipinski definition) is 1. The molecule has 0 bridgehead atoms. The average molecular weight is 381 g/mol. The van der Waals surface area contributed by atoms with E-state index >= 15 is 0 Å². The summed E-state index contributed by atoms with van der Waals surface area (Å²) in [5, 5.41) is 3.94. The van der Waals surface area contributed by atoms with Crippen LogP contribution < -0.4 is 5.32 Å². The van der Waals surface area contributed by atoms with Crippen molar-refractivity contribution in [2.45, 2.75) is 13.3 Å². The molecule has 0 fully saturated rings. The third-order valence-electron chi connectivity index (χ3n) is 4.28. The summed E-state index contributed by atoms with van der Waals surface area (Å²) >= 11 is 6.15. The highest BCUT2D eigenvalue weighted by molar-refractivity contribution is 6.31. The molecule has 0 saturated carbocycles. The Hall–Kier alpha value is -2.92. The van der Waals surface area contributed by atoms with Gasteiger partial charge in [-0.15, -0.1) is 0 Å². The standard InChI is InChI=1S/C21H21ClN4O/c1-15-3-4-17(13-19(15)22)25-18-5-6-20(24-14-18)21(27)26(2)12-9-16-7-10-23-11-8-16/h3-8,10-11,13-14,25H,9,12H2,1-2H3. The molecule has 3 rings (SSSR count). The molecule has 1 aromatic carbocycles. The lowest BCUT2D eigenvalue weighted by molar-refractivity contribution is 0.0791. The zero-order chi connectivity index (χ0) is 19.2. The number of benzene rings is 1. The van der Waals surface area contributed by atoms with Crippen LogP contribution in [0.15, 0.2) is 61.1 Å². The summed E-state index contributed by atoms with van der Waals surface area (Å²) in [6.07, 6.45) is 5.94. The first-order valence-electron chi connectivity index (χ1n) is 8.66. The van der Waals surface area contributed by atoms with Crippen molar-refractivity contribution in [2.75, 3.05) is 18.9 Å². The van der Waals surface area contributed by atoms with E-state index < -0.39 is 0 Å². The summed E-state index contributed by atoms with van der Waals surface area (Å²) in [6, 6.07) is 13.2. The van der Waals surface area contributed by atoms with Crippen molar-refractivity contribution in [3.63, 3.8) is 0 Å². The fourth-order valence-corrected chi connectivity index (χ4v) is 2.76. The number of amides is 1. The number of likely N-dealkylation sites (N-methyl/N-ethyl adjacent to an activating group) is 1. The molecule has 0 saturated heterocycles. The van der Waals surface area contributed by atoms with Crippen LogP contribution in [0.2, 0.25) is 5.02 Å². The van der Waals surface area contributed by atoms with Crippen molar-refractivity contribution >= 4 is 28.9 Å². The molecule has 27 heavy (non-hydrogen) atoms. The van der Waals surface area contributed by atoms with Crippen LogP contribution in [-0.4, -0.2) is 34.4 Å². The molecule has 0 unspecified atom stereocenters. The normalized spacial score (nSPS) is 10.5. The molecule has 0 aliphatic heterocycles. The lowest BCUT2D eigenvalue weighted by Crippen LogP contribution is -2.29. The van der Waals surface area contributed by atoms with Gasteiger partial charge in [-0.05, 0) is 60.9 Å². The van der Waals surface area contributed by atoms with Crippen molar-refractivity contribution in [1.29, 1.82) is 0 Å². The van der Waals surface area contributed by atoms with Crippen LogP contribution >= 0.6 is 11.6 Å². The molecule has 2 heterocycles. The molecule has 0 radical (unpaired) electrons. The van der Waals surface area contributed by atoms with E-state index in [4.69, 9.17) is 11.6 Å². The molecule has 6 heteroatoms. The molecule has 1 amide bonds. The minimum atomic E-state index is -0.103. The topological polar surface area (TPSA) is 58.1 Å². The first-order chi connectivity index (χ1) is 13.0. The minimum absolute atomic E-state index is 0.103. The van der Waals surface area contributed by atoms with Gasteiger partial charge in [0.2, 0.25) is 0 Å². The second-order valence-electron chi connectivity index (χ2n) is 6.35. The zero-order valence-corrected chi connectivity index (χ0v) is 16.1. The summed E-state index contributed by atoms with van der Waals surface area (Å²) in [4.78, 5) is 22.5. The van der Waals surface area contributed by atoms with Crippen molar-refractivity contribution in [1.82, 2.24) is 14.9 Å². The first-order valence-corrected chi connectivity index (χ1v) is 9.04. The van der Waals surface area contributed by atoms with Gasteiger partial charge in [0, 0.05) is 36.7 Å². The fraction of sp³-hybridized carbons (Fsp3) is 0.190. The van der Waals surface area contributed by atoms with Gasteiger partial charge in [-0.3, -0.25) is 9.78 Å². The highest BCUT2D eigenvalue weighted by Gasteiger charge is 2.13. The van der Waals surface area contributed by atoms with Gasteiger partial charge in [0.25, 0.3) is 5.91 Å². The quantitative estimate of drug-likeness (QED) is 0.684. The molecule has 3 aromatic rings. The van der Waals surface area contributed by atoms with Gasteiger partial charge in [0.15, 0.2) is 0 Å². The van der Waals surface area contributed by atoms with Gasteiger partial charge >= 0.3 is 0 Å². The smallest absolute Gasteiger partial charge is 0.272 e. The van der Waals surface area contributed by atoms with Gasteiger partial charge in [-0.1, -0.05) is 17.7 Å². The maximum Gasteiger partial charge on any atom is 0.272 e. The van der Waals surface area contributed by atoms with Crippen LogP contribution in [0.1, 0.15) is 21.6 Å². The minimum Gasteiger partial charge on any atom is -0.354 e. The Labute approximate surface area is 164 Å². The predicted molar refractivity (Wildman–Crippen MR) is 109 cm³/mol. The molecule has 0 spiro atoms. The van der Waals surface area contributed by atoms with Crippen molar-refractivity contribution in [3.05, 3.63) is 82.9 Å². The Balaban J connectivity index is 1.60. The number of anilines is 2. The molecule has 0 aliphatic carbocycles. The summed E-state index contributed by atoms with van der Waals surface area (Å²) < 4.78 is 0. The van der Waals surface area contributed by atoms with Gasteiger partial charge < -0.3 is 10.2 Å². The predicted octanol–water partition coefficient (Wildman–Crippen LogP) is 4.50. The number of rotatable bonds is 6. The van der Waals surface area contributed by atoms with Crippen LogP contribution in [0.4, 0.5) is 11.4 Å². The van der Waals surface area contributed by atoms with E-state index in [2.05, 4.69) is 15.3 Å². The number of carbonyl (C=O) groups is 1. The summed E-state index contributed by atoms with van der Waals surface area (Å²) in [5.74, 6) is -0.103. The SMILES string of the molecule is Cc1ccc(Nc2ccc(C(=O)N(C)CCc3ccncc3)nc2)cc1Cl. The highest BCUT2D eigenvalue weighted by atomic mass is 35.5. The van der Waals surface area contributed by atoms with Crippen molar-refractivity contribution < 1.29 is 4.79 Å². The zero-order valence-electron chi connectivity index (χ0n) is 15.3. The van der Waals surface area contributed by atoms with Gasteiger partial charge in [0.05, 0.1) is 11.9 Å². The van der Waals surface area contributed by atoms with E-state index in [1.165, 1.54) is 0 Å². The maximum absolute atomic E-state index is 12.5. The lowest BCUT2D eigenvalue weighted by atomic mass is 10.2. The van der Waals surface area contributed by atoms with Crippen LogP contribution in [-0.2, 0) is 6.42 Å². The van der Waals surface area contributed by atoms with E-state index in [0.29, 0.717) is 17.3 Å². The van der Waals surface area contributed by atoms with Crippen LogP contribution in [0, 0.1) is 6.92 Å². The second-order valence-corrected chi connectivity index (χ2v) is 6.76. The maximum atomic E-state index is 12.5. The molecular weight excluding hydrogens is 360 g/mol. The summed E-state index contributed by atoms with van der Waals surface area (Å²) in [6.45, 7) is 2.58. The number of aryl methyl sites for hydroxylation is 1. The number of carbonyl (C=O) groups excluding carboxylic acids is 1. The van der Waals surface area contributed by atoms with E-state index in [-0.39, 0.29) is 5.91 Å². The number of nitrogens with zero attached hydrogens (tertiary/aromatic N) is 3. The highest BCUT2D eigenvalue weighted by Crippen LogP contribution is 2.23. The Kier molecular flexibility index (Phi) is 6.04. The molecule has 0 aliphatic rings. The molecular formula is C21H21ClN4O. The summed E-state index contributed by atoms with van der Waals surface area (Å²) in [7, 11) is 1.78. The molecule has 138 valence electrons. The third-order valence-corrected chi connectivity index (χ3v) is 4.68. The largest absolute Gasteiger partial charge is 0.354 e. The Morgan fingerprint density at radius 3 is 2.52 bits per heavy atom. The van der Waals surface area contributed by atoms with Crippen LogP contribution in [0.25, 0.3) is 0 Å². The molecule has 2 aromatic heterocycles. The first kappa shape index (κ1) is 18.9. The number of aromatic nitrogens is 2. The van der Waals surface area contributed by atoms with Crippen LogP contribution in [0.3, 0.4) is 0 Å². The number of pyridine rings is 2. The average Bonchev–Trinajstić information content (AvgIpc) is 2.70. The van der Waals surface area contributed by atoms with Crippen molar-refractivity contribution in [2.24, 2.45) is 0 Å². The van der Waals surface area contributed by atoms with Crippen LogP contribution in [0.5, 0.6) is 0 Å². The fourth-order valence-electron chi connectivity index (χ4n) is 2.57. The van der Waals surface area contributed by atoms with Gasteiger partial charge in [-0.2, -0.15) is 0 Å². The van der Waals surface area contributed by atoms with Gasteiger partial charge in [-0.25, -0.2) is 4.98 Å². The Morgan fingerprint density at radius 1 is 1.11 bits per heavy atom. The Morgan fingerprint density at radius 2 is 1.85 bits per heavy atom. The van der Waals surface area contributed by atoms with E-state index in [0.717, 1.165) is 28.9 Å². The van der Waals surface area contributed by atoms with E-state index in [1.807, 2.05) is 43.3 Å². The Bertz CT molecular complexity index is 913. The van der Waals surface area contributed by atoms with Gasteiger partial charge in [0.1, 0.15) is 5.69 Å². The third kappa shape index (κ3) is 5.05. The van der Waals surface area contributed by atoms with Crippen molar-refractivity contribution in [3.8, 4) is 0 Å². The van der Waals surface area contributed by atoms with E-state index in [1.54, 1.807) is 36.6 Å². The monoisotopic (exact) mass is 380 g/mol. The number of hydrogen-bond acceptors (Lipinski definition) is 4. The molecule has 0 atom stereocenters. The van der Waals surface area contributed by atoms with E-state index in [9.17, 15) is 4.79 Å². The lowest BCUT2D eigenvalue weighted by Gasteiger charge is -2.17. The second kappa shape index (κ2) is 8.64. The number of nitrogens with one attached hydrogen (secondary N) is 1. The summed E-state index contributed by atoms with van der Waals surface area (Å²) in [5.41, 5.74) is 4.26.